The summed E-state index contributed by atoms with van der Waals surface area (Å²) in [6.45, 7) is 0. The Morgan fingerprint density at radius 3 is 2.62 bits per heavy atom. The Labute approximate surface area is 136 Å². The molecule has 1 heterocycles. The van der Waals surface area contributed by atoms with Crippen molar-refractivity contribution < 1.29 is 5.11 Å². The summed E-state index contributed by atoms with van der Waals surface area (Å²) in [5.74, 6) is 0.240. The van der Waals surface area contributed by atoms with Crippen LogP contribution in [0.1, 0.15) is 17.2 Å². The number of nitrogens with one attached hydrogen (secondary N) is 2. The number of phenolic OH excluding ortho intramolecular Hbond substituents is 1. The van der Waals surface area contributed by atoms with Crippen molar-refractivity contribution in [3.05, 3.63) is 70.2 Å². The second-order valence-corrected chi connectivity index (χ2v) is 6.05. The van der Waals surface area contributed by atoms with Gasteiger partial charge in [0.1, 0.15) is 5.75 Å². The maximum Gasteiger partial charge on any atom is 0.171 e. The van der Waals surface area contributed by atoms with Gasteiger partial charge in [0.2, 0.25) is 0 Å². The molecule has 21 heavy (non-hydrogen) atoms. The third kappa shape index (κ3) is 3.09. The lowest BCUT2D eigenvalue weighted by molar-refractivity contribution is 0.463. The van der Waals surface area contributed by atoms with E-state index in [9.17, 15) is 5.11 Å². The van der Waals surface area contributed by atoms with Crippen LogP contribution in [0.3, 0.4) is 0 Å². The van der Waals surface area contributed by atoms with Gasteiger partial charge in [-0.3, -0.25) is 0 Å². The lowest BCUT2D eigenvalue weighted by Gasteiger charge is -2.26. The summed E-state index contributed by atoms with van der Waals surface area (Å²) < 4.78 is 0.913. The largest absolute Gasteiger partial charge is 0.508 e. The van der Waals surface area contributed by atoms with Crippen molar-refractivity contribution >= 4 is 39.0 Å². The van der Waals surface area contributed by atoms with Gasteiger partial charge in [-0.05, 0) is 42.1 Å². The number of phenols is 1. The van der Waals surface area contributed by atoms with Crippen molar-refractivity contribution in [3.63, 3.8) is 0 Å². The third-order valence-corrected chi connectivity index (χ3v) is 3.99. The van der Waals surface area contributed by atoms with E-state index < -0.39 is 0 Å². The number of hydrogen-bond donors (Lipinski definition) is 3. The van der Waals surface area contributed by atoms with Crippen molar-refractivity contribution in [3.8, 4) is 5.75 Å². The Morgan fingerprint density at radius 2 is 1.86 bits per heavy atom. The van der Waals surface area contributed by atoms with Crippen LogP contribution in [0.4, 0.5) is 0 Å². The molecule has 1 aliphatic heterocycles. The van der Waals surface area contributed by atoms with Crippen molar-refractivity contribution in [1.29, 1.82) is 0 Å². The molecule has 0 bridgehead atoms. The maximum absolute atomic E-state index is 10.1. The van der Waals surface area contributed by atoms with Gasteiger partial charge in [0.25, 0.3) is 0 Å². The highest BCUT2D eigenvalue weighted by Gasteiger charge is 2.20. The molecular formula is C16H13BrN2OS. The first kappa shape index (κ1) is 14.1. The molecule has 0 fully saturated rings. The molecule has 1 unspecified atom stereocenters. The van der Waals surface area contributed by atoms with E-state index in [0.29, 0.717) is 5.11 Å². The third-order valence-electron chi connectivity index (χ3n) is 3.28. The van der Waals surface area contributed by atoms with E-state index >= 15 is 0 Å². The molecule has 0 saturated carbocycles. The molecule has 3 N–H and O–H groups in total. The first-order chi connectivity index (χ1) is 10.1. The van der Waals surface area contributed by atoms with E-state index in [1.165, 1.54) is 0 Å². The number of rotatable bonds is 2. The molecule has 0 aliphatic carbocycles. The van der Waals surface area contributed by atoms with Gasteiger partial charge in [0, 0.05) is 15.7 Å². The minimum atomic E-state index is -0.175. The molecule has 1 atom stereocenters. The summed E-state index contributed by atoms with van der Waals surface area (Å²) in [7, 11) is 0. The topological polar surface area (TPSA) is 44.3 Å². The first-order valence-electron chi connectivity index (χ1n) is 6.46. The van der Waals surface area contributed by atoms with Crippen LogP contribution >= 0.6 is 28.1 Å². The van der Waals surface area contributed by atoms with Gasteiger partial charge < -0.3 is 15.7 Å². The van der Waals surface area contributed by atoms with Gasteiger partial charge in [-0.25, -0.2) is 0 Å². The summed E-state index contributed by atoms with van der Waals surface area (Å²) in [4.78, 5) is 0. The second-order valence-electron chi connectivity index (χ2n) is 4.73. The highest BCUT2D eigenvalue weighted by Crippen LogP contribution is 2.31. The quantitative estimate of drug-likeness (QED) is 0.714. The minimum absolute atomic E-state index is 0.175. The molecule has 3 rings (SSSR count). The predicted molar refractivity (Wildman–Crippen MR) is 91.8 cm³/mol. The highest BCUT2D eigenvalue weighted by molar-refractivity contribution is 9.10. The Morgan fingerprint density at radius 1 is 1.10 bits per heavy atom. The fraction of sp³-hybridized carbons (Fsp3) is 0.0625. The van der Waals surface area contributed by atoms with Gasteiger partial charge in [0.05, 0.1) is 6.04 Å². The lowest BCUT2D eigenvalue weighted by Crippen LogP contribution is -2.40. The Balaban J connectivity index is 2.02. The fourth-order valence-corrected chi connectivity index (χ4v) is 2.89. The normalized spacial score (nSPS) is 17.7. The highest BCUT2D eigenvalue weighted by atomic mass is 79.9. The van der Waals surface area contributed by atoms with E-state index in [1.54, 1.807) is 12.1 Å². The molecule has 0 amide bonds. The molecule has 3 nitrogen and oxygen atoms in total. The summed E-state index contributed by atoms with van der Waals surface area (Å²) in [5.41, 5.74) is 2.77. The number of halogens is 1. The SMILES string of the molecule is Oc1ccc(Br)cc1C1C=C(c2ccccc2)NC(=S)N1. The van der Waals surface area contributed by atoms with Crippen molar-refractivity contribution in [2.45, 2.75) is 6.04 Å². The van der Waals surface area contributed by atoms with Crippen molar-refractivity contribution in [2.75, 3.05) is 0 Å². The molecule has 2 aromatic rings. The summed E-state index contributed by atoms with van der Waals surface area (Å²) in [6, 6.07) is 15.2. The smallest absolute Gasteiger partial charge is 0.171 e. The number of benzene rings is 2. The van der Waals surface area contributed by atoms with Gasteiger partial charge in [-0.2, -0.15) is 0 Å². The van der Waals surface area contributed by atoms with E-state index in [4.69, 9.17) is 12.2 Å². The van der Waals surface area contributed by atoms with Crippen LogP contribution in [0.5, 0.6) is 5.75 Å². The molecule has 1 aliphatic rings. The van der Waals surface area contributed by atoms with Gasteiger partial charge in [-0.1, -0.05) is 46.3 Å². The number of hydrogen-bond acceptors (Lipinski definition) is 2. The van der Waals surface area contributed by atoms with E-state index in [2.05, 4.69) is 26.6 Å². The minimum Gasteiger partial charge on any atom is -0.508 e. The molecule has 0 radical (unpaired) electrons. The average Bonchev–Trinajstić information content (AvgIpc) is 2.50. The van der Waals surface area contributed by atoms with Crippen LogP contribution in [0, 0.1) is 0 Å². The summed E-state index contributed by atoms with van der Waals surface area (Å²) in [5, 5.41) is 16.9. The average molecular weight is 361 g/mol. The standard InChI is InChI=1S/C16H13BrN2OS/c17-11-6-7-15(20)12(8-11)14-9-13(18-16(21)19-14)10-4-2-1-3-5-10/h1-9,14,20H,(H2,18,19,21). The number of aromatic hydroxyl groups is 1. The molecule has 0 saturated heterocycles. The predicted octanol–water partition coefficient (Wildman–Crippen LogP) is 3.71. The zero-order chi connectivity index (χ0) is 14.8. The summed E-state index contributed by atoms with van der Waals surface area (Å²) in [6.07, 6.45) is 2.02. The molecule has 5 heteroatoms. The van der Waals surface area contributed by atoms with E-state index in [0.717, 1.165) is 21.3 Å². The molecule has 0 spiro atoms. The van der Waals surface area contributed by atoms with Gasteiger partial charge >= 0.3 is 0 Å². The van der Waals surface area contributed by atoms with E-state index in [-0.39, 0.29) is 11.8 Å². The van der Waals surface area contributed by atoms with Crippen LogP contribution in [-0.2, 0) is 0 Å². The van der Waals surface area contributed by atoms with Crippen LogP contribution in [-0.4, -0.2) is 10.2 Å². The maximum atomic E-state index is 10.1. The van der Waals surface area contributed by atoms with Crippen molar-refractivity contribution in [1.82, 2.24) is 10.6 Å². The Hall–Kier alpha value is -1.85. The zero-order valence-corrected chi connectivity index (χ0v) is 13.4. The van der Waals surface area contributed by atoms with Gasteiger partial charge in [-0.15, -0.1) is 0 Å². The Kier molecular flexibility index (Phi) is 3.94. The first-order valence-corrected chi connectivity index (χ1v) is 7.67. The zero-order valence-electron chi connectivity index (χ0n) is 11.0. The summed E-state index contributed by atoms with van der Waals surface area (Å²) >= 11 is 8.71. The number of thiocarbonyl (C=S) groups is 1. The molecule has 2 aromatic carbocycles. The van der Waals surface area contributed by atoms with E-state index in [1.807, 2.05) is 42.5 Å². The lowest BCUT2D eigenvalue weighted by atomic mass is 10.0. The van der Waals surface area contributed by atoms with Crippen molar-refractivity contribution in [2.24, 2.45) is 0 Å². The van der Waals surface area contributed by atoms with Crippen LogP contribution in [0.25, 0.3) is 5.70 Å². The monoisotopic (exact) mass is 360 g/mol. The van der Waals surface area contributed by atoms with Crippen LogP contribution in [0.2, 0.25) is 0 Å². The second kappa shape index (κ2) is 5.87. The van der Waals surface area contributed by atoms with Crippen LogP contribution < -0.4 is 10.6 Å². The van der Waals surface area contributed by atoms with Crippen LogP contribution in [0.15, 0.2) is 59.1 Å². The fourth-order valence-electron chi connectivity index (χ4n) is 2.28. The molecule has 106 valence electrons. The molecule has 0 aromatic heterocycles. The Bertz CT molecular complexity index is 715. The van der Waals surface area contributed by atoms with Gasteiger partial charge in [0.15, 0.2) is 5.11 Å². The molecular weight excluding hydrogens is 348 g/mol.